The van der Waals surface area contributed by atoms with E-state index in [0.717, 1.165) is 36.9 Å². The van der Waals surface area contributed by atoms with Crippen LogP contribution in [0.15, 0.2) is 24.4 Å². The summed E-state index contributed by atoms with van der Waals surface area (Å²) in [6.07, 6.45) is 3.05. The minimum atomic E-state index is 0.764. The van der Waals surface area contributed by atoms with Crippen molar-refractivity contribution in [2.24, 2.45) is 0 Å². The van der Waals surface area contributed by atoms with E-state index in [-0.39, 0.29) is 0 Å². The number of rotatable bonds is 6. The van der Waals surface area contributed by atoms with Crippen LogP contribution >= 0.6 is 0 Å². The van der Waals surface area contributed by atoms with Crippen molar-refractivity contribution in [3.63, 3.8) is 0 Å². The molecule has 108 valence electrons. The number of hydrogen-bond acceptors (Lipinski definition) is 3. The molecule has 4 nitrogen and oxygen atoms in total. The van der Waals surface area contributed by atoms with Crippen LogP contribution in [0.5, 0.6) is 0 Å². The molecule has 0 radical (unpaired) electrons. The Hall–Kier alpha value is -1.81. The van der Waals surface area contributed by atoms with Crippen molar-refractivity contribution in [3.05, 3.63) is 41.2 Å². The van der Waals surface area contributed by atoms with Gasteiger partial charge in [0, 0.05) is 32.1 Å². The Morgan fingerprint density at radius 2 is 2.05 bits per heavy atom. The number of aromatic nitrogens is 2. The molecule has 1 heterocycles. The van der Waals surface area contributed by atoms with Gasteiger partial charge in [0.1, 0.15) is 0 Å². The van der Waals surface area contributed by atoms with Crippen molar-refractivity contribution in [2.75, 3.05) is 19.0 Å². The summed E-state index contributed by atoms with van der Waals surface area (Å²) in [6.45, 7) is 7.90. The predicted octanol–water partition coefficient (Wildman–Crippen LogP) is 3.59. The molecule has 0 bridgehead atoms. The van der Waals surface area contributed by atoms with Crippen LogP contribution in [0.25, 0.3) is 0 Å². The standard InChI is InChI=1S/C16H23N3O/c1-12-6-7-15(13(2)10-12)18-16-17-14(3)11-19(16)8-5-9-20-4/h6-7,10-11H,5,8-9H2,1-4H3,(H,17,18). The van der Waals surface area contributed by atoms with Gasteiger partial charge in [0.2, 0.25) is 5.95 Å². The van der Waals surface area contributed by atoms with Crippen LogP contribution in [-0.2, 0) is 11.3 Å². The Labute approximate surface area is 120 Å². The maximum Gasteiger partial charge on any atom is 0.207 e. The van der Waals surface area contributed by atoms with E-state index in [1.165, 1.54) is 11.1 Å². The Balaban J connectivity index is 2.15. The zero-order chi connectivity index (χ0) is 14.5. The summed E-state index contributed by atoms with van der Waals surface area (Å²) in [7, 11) is 1.73. The number of nitrogens with one attached hydrogen (secondary N) is 1. The molecular weight excluding hydrogens is 250 g/mol. The van der Waals surface area contributed by atoms with Gasteiger partial charge in [-0.1, -0.05) is 17.7 Å². The number of methoxy groups -OCH3 is 1. The Morgan fingerprint density at radius 3 is 2.75 bits per heavy atom. The van der Waals surface area contributed by atoms with Gasteiger partial charge in [-0.25, -0.2) is 4.98 Å². The van der Waals surface area contributed by atoms with Crippen LogP contribution in [0, 0.1) is 20.8 Å². The SMILES string of the molecule is COCCCn1cc(C)nc1Nc1ccc(C)cc1C. The maximum absolute atomic E-state index is 5.11. The smallest absolute Gasteiger partial charge is 0.207 e. The first-order chi connectivity index (χ1) is 9.60. The fourth-order valence-electron chi connectivity index (χ4n) is 2.27. The molecule has 1 aromatic carbocycles. The highest BCUT2D eigenvalue weighted by atomic mass is 16.5. The Morgan fingerprint density at radius 1 is 1.25 bits per heavy atom. The first kappa shape index (κ1) is 14.6. The summed E-state index contributed by atoms with van der Waals surface area (Å²) >= 11 is 0. The van der Waals surface area contributed by atoms with Crippen molar-refractivity contribution in [1.82, 2.24) is 9.55 Å². The number of ether oxygens (including phenoxy) is 1. The molecular formula is C16H23N3O. The van der Waals surface area contributed by atoms with Gasteiger partial charge >= 0.3 is 0 Å². The lowest BCUT2D eigenvalue weighted by Crippen LogP contribution is -2.06. The van der Waals surface area contributed by atoms with Crippen molar-refractivity contribution in [3.8, 4) is 0 Å². The van der Waals surface area contributed by atoms with E-state index in [0.29, 0.717) is 0 Å². The zero-order valence-corrected chi connectivity index (χ0v) is 12.7. The van der Waals surface area contributed by atoms with Gasteiger partial charge in [-0.3, -0.25) is 0 Å². The first-order valence-corrected chi connectivity index (χ1v) is 6.97. The average molecular weight is 273 g/mol. The van der Waals surface area contributed by atoms with Crippen molar-refractivity contribution < 1.29 is 4.74 Å². The molecule has 4 heteroatoms. The fraction of sp³-hybridized carbons (Fsp3) is 0.438. The van der Waals surface area contributed by atoms with Crippen LogP contribution in [0.3, 0.4) is 0 Å². The number of nitrogens with zero attached hydrogens (tertiary/aromatic N) is 2. The second kappa shape index (κ2) is 6.57. The molecule has 0 fully saturated rings. The van der Waals surface area contributed by atoms with E-state index in [1.807, 2.05) is 6.92 Å². The highest BCUT2D eigenvalue weighted by Crippen LogP contribution is 2.21. The van der Waals surface area contributed by atoms with E-state index in [2.05, 4.69) is 53.1 Å². The van der Waals surface area contributed by atoms with Gasteiger partial charge in [-0.2, -0.15) is 0 Å². The van der Waals surface area contributed by atoms with Crippen LogP contribution in [0.4, 0.5) is 11.6 Å². The summed E-state index contributed by atoms with van der Waals surface area (Å²) < 4.78 is 7.25. The number of imidazole rings is 1. The number of benzene rings is 1. The molecule has 0 atom stereocenters. The van der Waals surface area contributed by atoms with Gasteiger partial charge in [0.15, 0.2) is 0 Å². The monoisotopic (exact) mass is 273 g/mol. The quantitative estimate of drug-likeness (QED) is 0.817. The highest BCUT2D eigenvalue weighted by molar-refractivity contribution is 5.59. The predicted molar refractivity (Wildman–Crippen MR) is 82.7 cm³/mol. The molecule has 0 aliphatic heterocycles. The van der Waals surface area contributed by atoms with Gasteiger partial charge in [-0.05, 0) is 38.8 Å². The molecule has 1 N–H and O–H groups in total. The molecule has 0 spiro atoms. The topological polar surface area (TPSA) is 39.1 Å². The van der Waals surface area contributed by atoms with Crippen molar-refractivity contribution >= 4 is 11.6 Å². The van der Waals surface area contributed by atoms with Gasteiger partial charge in [0.25, 0.3) is 0 Å². The highest BCUT2D eigenvalue weighted by Gasteiger charge is 2.07. The number of anilines is 2. The lowest BCUT2D eigenvalue weighted by atomic mass is 10.1. The van der Waals surface area contributed by atoms with Gasteiger partial charge in [0.05, 0.1) is 5.69 Å². The van der Waals surface area contributed by atoms with Gasteiger partial charge < -0.3 is 14.6 Å². The lowest BCUT2D eigenvalue weighted by Gasteiger charge is -2.12. The zero-order valence-electron chi connectivity index (χ0n) is 12.7. The van der Waals surface area contributed by atoms with Crippen LogP contribution in [0.2, 0.25) is 0 Å². The first-order valence-electron chi connectivity index (χ1n) is 6.97. The van der Waals surface area contributed by atoms with E-state index in [4.69, 9.17) is 4.74 Å². The average Bonchev–Trinajstić information content (AvgIpc) is 2.73. The molecule has 0 saturated carbocycles. The van der Waals surface area contributed by atoms with Gasteiger partial charge in [-0.15, -0.1) is 0 Å². The molecule has 1 aromatic heterocycles. The molecule has 0 amide bonds. The number of aryl methyl sites for hydroxylation is 4. The van der Waals surface area contributed by atoms with E-state index in [1.54, 1.807) is 7.11 Å². The Bertz CT molecular complexity index is 575. The van der Waals surface area contributed by atoms with Crippen molar-refractivity contribution in [2.45, 2.75) is 33.7 Å². The normalized spacial score (nSPS) is 10.8. The van der Waals surface area contributed by atoms with Crippen LogP contribution in [0.1, 0.15) is 23.2 Å². The third-order valence-corrected chi connectivity index (χ3v) is 3.27. The number of hydrogen-bond donors (Lipinski definition) is 1. The molecule has 0 unspecified atom stereocenters. The third kappa shape index (κ3) is 3.61. The molecule has 2 aromatic rings. The van der Waals surface area contributed by atoms with Crippen LogP contribution < -0.4 is 5.32 Å². The molecule has 0 saturated heterocycles. The molecule has 0 aliphatic carbocycles. The van der Waals surface area contributed by atoms with Crippen molar-refractivity contribution in [1.29, 1.82) is 0 Å². The molecule has 20 heavy (non-hydrogen) atoms. The third-order valence-electron chi connectivity index (χ3n) is 3.27. The lowest BCUT2D eigenvalue weighted by molar-refractivity contribution is 0.190. The molecule has 0 aliphatic rings. The molecule has 2 rings (SSSR count). The Kier molecular flexibility index (Phi) is 4.79. The van der Waals surface area contributed by atoms with E-state index < -0.39 is 0 Å². The fourth-order valence-corrected chi connectivity index (χ4v) is 2.27. The summed E-state index contributed by atoms with van der Waals surface area (Å²) in [4.78, 5) is 4.56. The maximum atomic E-state index is 5.11. The largest absolute Gasteiger partial charge is 0.385 e. The summed E-state index contributed by atoms with van der Waals surface area (Å²) in [5.74, 6) is 0.894. The minimum absolute atomic E-state index is 0.764. The van der Waals surface area contributed by atoms with Crippen LogP contribution in [-0.4, -0.2) is 23.3 Å². The summed E-state index contributed by atoms with van der Waals surface area (Å²) in [6, 6.07) is 6.39. The van der Waals surface area contributed by atoms with E-state index in [9.17, 15) is 0 Å². The van der Waals surface area contributed by atoms with E-state index >= 15 is 0 Å². The second-order valence-electron chi connectivity index (χ2n) is 5.19. The summed E-state index contributed by atoms with van der Waals surface area (Å²) in [5, 5.41) is 3.43. The summed E-state index contributed by atoms with van der Waals surface area (Å²) in [5.41, 5.74) is 4.63. The minimum Gasteiger partial charge on any atom is -0.385 e. The second-order valence-corrected chi connectivity index (χ2v) is 5.19.